The molecule has 0 fully saturated rings. The van der Waals surface area contributed by atoms with Crippen LogP contribution in [0, 0.1) is 26.1 Å². The molecule has 4 rings (SSSR count). The Kier molecular flexibility index (Phi) is 3.88. The lowest BCUT2D eigenvalue weighted by Crippen LogP contribution is -2.29. The van der Waals surface area contributed by atoms with E-state index in [1.807, 2.05) is 18.2 Å². The molecule has 0 spiro atoms. The molecule has 2 aliphatic rings. The molecule has 1 aliphatic heterocycles. The van der Waals surface area contributed by atoms with Crippen LogP contribution in [-0.4, -0.2) is 9.85 Å². The number of nitrogens with zero attached hydrogens (tertiary/aromatic N) is 2. The standard InChI is InChI=1S/C18H14ClN3O4/c19-11-8-15-13-5-2-6-14(13)17(20-18(15)16(9-11)22(25)26)10-3-1-4-12(7-10)21(23)24/h1-5,7-9,13-14,17,20H,6H2. The first-order valence-electron chi connectivity index (χ1n) is 8.11. The van der Waals surface area contributed by atoms with Gasteiger partial charge in [0.05, 0.1) is 15.9 Å². The molecule has 0 radical (unpaired) electrons. The summed E-state index contributed by atoms with van der Waals surface area (Å²) in [6.07, 6.45) is 4.86. The third-order valence-corrected chi connectivity index (χ3v) is 5.27. The summed E-state index contributed by atoms with van der Waals surface area (Å²) in [7, 11) is 0. The van der Waals surface area contributed by atoms with Crippen molar-refractivity contribution in [2.75, 3.05) is 5.32 Å². The average molecular weight is 372 g/mol. The fraction of sp³-hybridized carbons (Fsp3) is 0.222. The second-order valence-electron chi connectivity index (χ2n) is 6.47. The first kappa shape index (κ1) is 16.5. The molecule has 26 heavy (non-hydrogen) atoms. The molecule has 0 saturated heterocycles. The zero-order valence-corrected chi connectivity index (χ0v) is 14.2. The molecule has 0 amide bonds. The van der Waals surface area contributed by atoms with Gasteiger partial charge < -0.3 is 5.32 Å². The van der Waals surface area contributed by atoms with Crippen molar-refractivity contribution in [1.82, 2.24) is 0 Å². The van der Waals surface area contributed by atoms with Gasteiger partial charge in [-0.05, 0) is 29.5 Å². The largest absolute Gasteiger partial charge is 0.372 e. The van der Waals surface area contributed by atoms with Crippen molar-refractivity contribution >= 4 is 28.7 Å². The molecule has 2 aromatic rings. The highest BCUT2D eigenvalue weighted by atomic mass is 35.5. The number of allylic oxidation sites excluding steroid dienone is 2. The van der Waals surface area contributed by atoms with E-state index in [1.165, 1.54) is 18.2 Å². The van der Waals surface area contributed by atoms with Crippen LogP contribution < -0.4 is 5.32 Å². The van der Waals surface area contributed by atoms with Gasteiger partial charge >= 0.3 is 0 Å². The Balaban J connectivity index is 1.85. The Bertz CT molecular complexity index is 959. The minimum atomic E-state index is -0.457. The van der Waals surface area contributed by atoms with Crippen molar-refractivity contribution in [2.24, 2.45) is 5.92 Å². The zero-order chi connectivity index (χ0) is 18.4. The van der Waals surface area contributed by atoms with E-state index in [2.05, 4.69) is 5.32 Å². The van der Waals surface area contributed by atoms with Crippen LogP contribution in [0.5, 0.6) is 0 Å². The Hall–Kier alpha value is -2.93. The number of rotatable bonds is 3. The lowest BCUT2D eigenvalue weighted by Gasteiger charge is -2.37. The van der Waals surface area contributed by atoms with Crippen molar-refractivity contribution < 1.29 is 9.85 Å². The first-order valence-corrected chi connectivity index (χ1v) is 8.49. The van der Waals surface area contributed by atoms with Gasteiger partial charge in [-0.15, -0.1) is 0 Å². The molecule has 7 nitrogen and oxygen atoms in total. The Labute approximate surface area is 153 Å². The van der Waals surface area contributed by atoms with Gasteiger partial charge in [-0.2, -0.15) is 0 Å². The van der Waals surface area contributed by atoms with Gasteiger partial charge in [-0.25, -0.2) is 0 Å². The van der Waals surface area contributed by atoms with Crippen LogP contribution in [0.15, 0.2) is 48.6 Å². The predicted octanol–water partition coefficient (Wildman–Crippen LogP) is 4.98. The van der Waals surface area contributed by atoms with E-state index in [9.17, 15) is 20.2 Å². The number of benzene rings is 2. The minimum absolute atomic E-state index is 0.00297. The maximum atomic E-state index is 11.5. The number of fused-ring (bicyclic) bond motifs is 3. The topological polar surface area (TPSA) is 98.3 Å². The van der Waals surface area contributed by atoms with E-state index < -0.39 is 9.85 Å². The first-order chi connectivity index (χ1) is 12.5. The van der Waals surface area contributed by atoms with Crippen LogP contribution in [0.2, 0.25) is 5.02 Å². The highest BCUT2D eigenvalue weighted by Crippen LogP contribution is 2.53. The minimum Gasteiger partial charge on any atom is -0.372 e. The SMILES string of the molecule is O=[N+]([O-])c1cccc(C2Nc3c(cc(Cl)cc3[N+](=O)[O-])C3C=CCC32)c1. The Morgan fingerprint density at radius 3 is 2.65 bits per heavy atom. The highest BCUT2D eigenvalue weighted by molar-refractivity contribution is 6.31. The molecule has 0 bridgehead atoms. The lowest BCUT2D eigenvalue weighted by molar-refractivity contribution is -0.384. The number of hydrogen-bond donors (Lipinski definition) is 1. The molecule has 3 unspecified atom stereocenters. The lowest BCUT2D eigenvalue weighted by atomic mass is 9.76. The van der Waals surface area contributed by atoms with Crippen molar-refractivity contribution in [2.45, 2.75) is 18.4 Å². The van der Waals surface area contributed by atoms with Crippen molar-refractivity contribution in [3.8, 4) is 0 Å². The van der Waals surface area contributed by atoms with Crippen molar-refractivity contribution in [3.05, 3.63) is 84.9 Å². The van der Waals surface area contributed by atoms with Crippen LogP contribution in [0.4, 0.5) is 17.1 Å². The van der Waals surface area contributed by atoms with Crippen LogP contribution in [0.25, 0.3) is 0 Å². The zero-order valence-electron chi connectivity index (χ0n) is 13.5. The molecular weight excluding hydrogens is 358 g/mol. The van der Waals surface area contributed by atoms with Crippen LogP contribution in [0.1, 0.15) is 29.5 Å². The summed E-state index contributed by atoms with van der Waals surface area (Å²) in [4.78, 5) is 21.7. The second kappa shape index (κ2) is 6.10. The van der Waals surface area contributed by atoms with Crippen LogP contribution >= 0.6 is 11.6 Å². The third kappa shape index (κ3) is 2.61. The van der Waals surface area contributed by atoms with E-state index in [0.717, 1.165) is 17.5 Å². The van der Waals surface area contributed by atoms with E-state index >= 15 is 0 Å². The van der Waals surface area contributed by atoms with Crippen LogP contribution in [0.3, 0.4) is 0 Å². The average Bonchev–Trinajstić information content (AvgIpc) is 3.10. The van der Waals surface area contributed by atoms with Gasteiger partial charge in [0, 0.05) is 29.1 Å². The molecule has 1 heterocycles. The van der Waals surface area contributed by atoms with E-state index in [-0.39, 0.29) is 29.3 Å². The molecule has 0 aromatic heterocycles. The normalized spacial score (nSPS) is 23.0. The van der Waals surface area contributed by atoms with E-state index in [4.69, 9.17) is 11.6 Å². The molecule has 132 valence electrons. The maximum Gasteiger partial charge on any atom is 0.294 e. The molecule has 1 aliphatic carbocycles. The summed E-state index contributed by atoms with van der Waals surface area (Å²) >= 11 is 6.09. The van der Waals surface area contributed by atoms with Gasteiger partial charge in [0.2, 0.25) is 0 Å². The van der Waals surface area contributed by atoms with Gasteiger partial charge in [-0.1, -0.05) is 35.9 Å². The molecule has 0 saturated carbocycles. The quantitative estimate of drug-likeness (QED) is 0.466. The molecular formula is C18H14ClN3O4. The fourth-order valence-corrected chi connectivity index (χ4v) is 4.17. The number of halogens is 1. The van der Waals surface area contributed by atoms with Crippen LogP contribution in [-0.2, 0) is 0 Å². The van der Waals surface area contributed by atoms with Crippen molar-refractivity contribution in [1.29, 1.82) is 0 Å². The third-order valence-electron chi connectivity index (χ3n) is 5.05. The summed E-state index contributed by atoms with van der Waals surface area (Å²) in [6.45, 7) is 0. The summed E-state index contributed by atoms with van der Waals surface area (Å²) in [5.41, 5.74) is 1.89. The van der Waals surface area contributed by atoms with Gasteiger partial charge in [0.25, 0.3) is 11.4 Å². The number of nitrogens with one attached hydrogen (secondary N) is 1. The van der Waals surface area contributed by atoms with E-state index in [0.29, 0.717) is 10.7 Å². The molecule has 2 aromatic carbocycles. The number of anilines is 1. The summed E-state index contributed by atoms with van der Waals surface area (Å²) < 4.78 is 0. The molecule has 8 heteroatoms. The Morgan fingerprint density at radius 1 is 1.12 bits per heavy atom. The smallest absolute Gasteiger partial charge is 0.294 e. The fourth-order valence-electron chi connectivity index (χ4n) is 3.95. The molecule has 1 N–H and O–H groups in total. The maximum absolute atomic E-state index is 11.5. The monoisotopic (exact) mass is 371 g/mol. The van der Waals surface area contributed by atoms with Crippen molar-refractivity contribution in [3.63, 3.8) is 0 Å². The summed E-state index contributed by atoms with van der Waals surface area (Å²) in [5, 5.41) is 26.2. The number of non-ortho nitro benzene ring substituents is 1. The van der Waals surface area contributed by atoms with Gasteiger partial charge in [-0.3, -0.25) is 20.2 Å². The number of nitro groups is 2. The summed E-state index contributed by atoms with van der Waals surface area (Å²) in [5.74, 6) is 0.0930. The highest BCUT2D eigenvalue weighted by Gasteiger charge is 2.41. The number of nitro benzene ring substituents is 2. The predicted molar refractivity (Wildman–Crippen MR) is 97.6 cm³/mol. The molecule has 3 atom stereocenters. The number of hydrogen-bond acceptors (Lipinski definition) is 5. The Morgan fingerprint density at radius 2 is 1.92 bits per heavy atom. The van der Waals surface area contributed by atoms with Gasteiger partial charge in [0.1, 0.15) is 5.69 Å². The van der Waals surface area contributed by atoms with Gasteiger partial charge in [0.15, 0.2) is 0 Å². The second-order valence-corrected chi connectivity index (χ2v) is 6.91. The summed E-state index contributed by atoms with van der Waals surface area (Å²) in [6, 6.07) is 9.24. The van der Waals surface area contributed by atoms with E-state index in [1.54, 1.807) is 12.1 Å².